The van der Waals surface area contributed by atoms with Gasteiger partial charge in [0, 0.05) is 28.6 Å². The molecule has 1 N–H and O–H groups in total. The Morgan fingerprint density at radius 1 is 1.25 bits per heavy atom. The number of halogens is 1. The Morgan fingerprint density at radius 2 is 2.06 bits per heavy atom. The first-order valence-corrected chi connectivity index (χ1v) is 10.8. The van der Waals surface area contributed by atoms with E-state index in [1.807, 2.05) is 26.1 Å². The fraction of sp³-hybridized carbons (Fsp3) is 0.250. The van der Waals surface area contributed by atoms with Crippen LogP contribution < -0.4 is 10.3 Å². The van der Waals surface area contributed by atoms with Crippen LogP contribution in [0.1, 0.15) is 25.5 Å². The SMILES string of the molecule is [C-]#[N+]c1c(OC2CC2)cc(Cl)cc1-c1c(-c2ccc3c(=O)[nH]nc(CC)c3c2)cnn1C. The Bertz CT molecular complexity index is 1460. The number of hydrogen-bond donors (Lipinski definition) is 1. The van der Waals surface area contributed by atoms with Crippen molar-refractivity contribution in [3.63, 3.8) is 0 Å². The molecule has 0 bridgehead atoms. The van der Waals surface area contributed by atoms with Crippen molar-refractivity contribution < 1.29 is 4.74 Å². The van der Waals surface area contributed by atoms with Gasteiger partial charge in [-0.25, -0.2) is 9.94 Å². The van der Waals surface area contributed by atoms with Gasteiger partial charge < -0.3 is 4.74 Å². The molecule has 0 aliphatic heterocycles. The Balaban J connectivity index is 1.73. The third-order valence-electron chi connectivity index (χ3n) is 5.68. The molecule has 1 fully saturated rings. The molecule has 0 saturated heterocycles. The molecule has 1 saturated carbocycles. The van der Waals surface area contributed by atoms with Crippen molar-refractivity contribution in [3.05, 3.63) is 69.0 Å². The third kappa shape index (κ3) is 3.43. The largest absolute Gasteiger partial charge is 0.501 e. The highest BCUT2D eigenvalue weighted by molar-refractivity contribution is 6.31. The van der Waals surface area contributed by atoms with Gasteiger partial charge in [-0.1, -0.05) is 24.6 Å². The highest BCUT2D eigenvalue weighted by Crippen LogP contribution is 2.45. The van der Waals surface area contributed by atoms with Crippen LogP contribution in [-0.2, 0) is 13.5 Å². The predicted octanol–water partition coefficient (Wildman–Crippen LogP) is 5.30. The Morgan fingerprint density at radius 3 is 2.78 bits per heavy atom. The number of benzene rings is 2. The van der Waals surface area contributed by atoms with E-state index < -0.39 is 0 Å². The quantitative estimate of drug-likeness (QED) is 0.423. The number of aryl methyl sites for hydroxylation is 2. The summed E-state index contributed by atoms with van der Waals surface area (Å²) in [6.07, 6.45) is 4.57. The van der Waals surface area contributed by atoms with E-state index in [4.69, 9.17) is 22.9 Å². The van der Waals surface area contributed by atoms with Crippen LogP contribution >= 0.6 is 11.6 Å². The van der Waals surface area contributed by atoms with Crippen LogP contribution in [0, 0.1) is 6.57 Å². The summed E-state index contributed by atoms with van der Waals surface area (Å²) in [6.45, 7) is 9.82. The van der Waals surface area contributed by atoms with Crippen molar-refractivity contribution in [2.24, 2.45) is 7.05 Å². The van der Waals surface area contributed by atoms with E-state index in [0.29, 0.717) is 33.8 Å². The molecule has 5 rings (SSSR count). The van der Waals surface area contributed by atoms with Gasteiger partial charge in [0.05, 0.1) is 35.6 Å². The standard InChI is InChI=1S/C24H20ClN5O2/c1-4-20-17-9-13(5-8-16(17)24(31)29-28-20)19-12-27-30(3)23(19)18-10-14(25)11-21(22(18)26-2)32-15-6-7-15/h5,8-12,15H,4,6-7H2,1,3H3,(H,29,31). The number of aromatic nitrogens is 4. The number of rotatable bonds is 5. The molecule has 0 atom stereocenters. The van der Waals surface area contributed by atoms with E-state index >= 15 is 0 Å². The zero-order valence-electron chi connectivity index (χ0n) is 17.6. The molecule has 2 heterocycles. The first-order chi connectivity index (χ1) is 15.5. The molecule has 2 aromatic carbocycles. The van der Waals surface area contributed by atoms with Gasteiger partial charge in [0.15, 0.2) is 0 Å². The summed E-state index contributed by atoms with van der Waals surface area (Å²) in [7, 11) is 1.83. The second-order valence-electron chi connectivity index (χ2n) is 7.87. The van der Waals surface area contributed by atoms with Crippen molar-refractivity contribution >= 4 is 28.1 Å². The lowest BCUT2D eigenvalue weighted by Gasteiger charge is -2.14. The normalized spacial score (nSPS) is 13.3. The summed E-state index contributed by atoms with van der Waals surface area (Å²) in [5.41, 5.74) is 4.15. The zero-order valence-corrected chi connectivity index (χ0v) is 18.4. The first kappa shape index (κ1) is 20.3. The highest BCUT2D eigenvalue weighted by atomic mass is 35.5. The minimum atomic E-state index is -0.220. The fourth-order valence-corrected chi connectivity index (χ4v) is 4.16. The lowest BCUT2D eigenvalue weighted by Crippen LogP contribution is -2.10. The average Bonchev–Trinajstić information content (AvgIpc) is 3.52. The third-order valence-corrected chi connectivity index (χ3v) is 5.90. The summed E-state index contributed by atoms with van der Waals surface area (Å²) in [6, 6.07) is 9.13. The molecule has 0 radical (unpaired) electrons. The van der Waals surface area contributed by atoms with Crippen LogP contribution in [0.5, 0.6) is 5.75 Å². The van der Waals surface area contributed by atoms with Crippen LogP contribution in [0.2, 0.25) is 5.02 Å². The van der Waals surface area contributed by atoms with Gasteiger partial charge in [0.2, 0.25) is 5.69 Å². The minimum absolute atomic E-state index is 0.145. The van der Waals surface area contributed by atoms with Crippen molar-refractivity contribution in [2.45, 2.75) is 32.3 Å². The molecule has 1 aliphatic rings. The van der Waals surface area contributed by atoms with E-state index in [0.717, 1.165) is 40.7 Å². The Labute approximate surface area is 189 Å². The minimum Gasteiger partial charge on any atom is -0.501 e. The topological polar surface area (TPSA) is 77.2 Å². The molecule has 0 unspecified atom stereocenters. The number of nitrogens with zero attached hydrogens (tertiary/aromatic N) is 4. The fourth-order valence-electron chi connectivity index (χ4n) is 3.95. The van der Waals surface area contributed by atoms with Gasteiger partial charge in [-0.3, -0.25) is 9.48 Å². The molecule has 4 aromatic rings. The molecule has 7 nitrogen and oxygen atoms in total. The summed E-state index contributed by atoms with van der Waals surface area (Å²) in [5, 5.41) is 13.1. The van der Waals surface area contributed by atoms with E-state index in [9.17, 15) is 4.79 Å². The summed E-state index contributed by atoms with van der Waals surface area (Å²) in [5.74, 6) is 0.500. The molecule has 2 aromatic heterocycles. The molecule has 0 amide bonds. The summed E-state index contributed by atoms with van der Waals surface area (Å²) < 4.78 is 7.71. The van der Waals surface area contributed by atoms with E-state index in [2.05, 4.69) is 20.1 Å². The number of ether oxygens (including phenoxy) is 1. The van der Waals surface area contributed by atoms with Crippen LogP contribution in [-0.4, -0.2) is 26.1 Å². The number of H-pyrrole nitrogens is 1. The molecule has 160 valence electrons. The van der Waals surface area contributed by atoms with Crippen LogP contribution in [0.15, 0.2) is 41.3 Å². The van der Waals surface area contributed by atoms with Crippen LogP contribution in [0.3, 0.4) is 0 Å². The number of fused-ring (bicyclic) bond motifs is 1. The monoisotopic (exact) mass is 445 g/mol. The van der Waals surface area contributed by atoms with E-state index in [1.165, 1.54) is 0 Å². The Kier molecular flexibility index (Phi) is 4.95. The van der Waals surface area contributed by atoms with Crippen LogP contribution in [0.4, 0.5) is 5.69 Å². The second-order valence-corrected chi connectivity index (χ2v) is 8.31. The van der Waals surface area contributed by atoms with Gasteiger partial charge in [-0.05, 0) is 49.1 Å². The first-order valence-electron chi connectivity index (χ1n) is 10.4. The number of nitrogens with one attached hydrogen (secondary N) is 1. The van der Waals surface area contributed by atoms with Gasteiger partial charge in [-0.15, -0.1) is 0 Å². The van der Waals surface area contributed by atoms with Crippen LogP contribution in [0.25, 0.3) is 38.0 Å². The molecule has 1 aliphatic carbocycles. The molecular weight excluding hydrogens is 426 g/mol. The van der Waals surface area contributed by atoms with Crippen molar-refractivity contribution in [1.82, 2.24) is 20.0 Å². The van der Waals surface area contributed by atoms with Crippen molar-refractivity contribution in [3.8, 4) is 28.1 Å². The average molecular weight is 446 g/mol. The van der Waals surface area contributed by atoms with E-state index in [1.54, 1.807) is 29.1 Å². The highest BCUT2D eigenvalue weighted by Gasteiger charge is 2.27. The molecule has 8 heteroatoms. The summed E-state index contributed by atoms with van der Waals surface area (Å²) >= 11 is 6.43. The second kappa shape index (κ2) is 7.81. The van der Waals surface area contributed by atoms with Gasteiger partial charge in [0.1, 0.15) is 5.75 Å². The molecule has 32 heavy (non-hydrogen) atoms. The summed E-state index contributed by atoms with van der Waals surface area (Å²) in [4.78, 5) is 16.0. The van der Waals surface area contributed by atoms with E-state index in [-0.39, 0.29) is 11.7 Å². The van der Waals surface area contributed by atoms with Crippen molar-refractivity contribution in [2.75, 3.05) is 0 Å². The zero-order chi connectivity index (χ0) is 22.4. The Hall–Kier alpha value is -3.63. The van der Waals surface area contributed by atoms with Gasteiger partial charge in [0.25, 0.3) is 5.56 Å². The maximum absolute atomic E-state index is 12.2. The lowest BCUT2D eigenvalue weighted by molar-refractivity contribution is 0.305. The van der Waals surface area contributed by atoms with Gasteiger partial charge >= 0.3 is 0 Å². The smallest absolute Gasteiger partial charge is 0.272 e. The maximum atomic E-state index is 12.2. The van der Waals surface area contributed by atoms with Crippen molar-refractivity contribution in [1.29, 1.82) is 0 Å². The number of hydrogen-bond acceptors (Lipinski definition) is 4. The number of aromatic amines is 1. The predicted molar refractivity (Wildman–Crippen MR) is 124 cm³/mol. The molecular formula is C24H20ClN5O2. The maximum Gasteiger partial charge on any atom is 0.272 e. The van der Waals surface area contributed by atoms with Gasteiger partial charge in [-0.2, -0.15) is 10.2 Å². The molecule has 0 spiro atoms. The lowest BCUT2D eigenvalue weighted by atomic mass is 9.97.